The van der Waals surface area contributed by atoms with Gasteiger partial charge in [0.2, 0.25) is 0 Å². The molecule has 0 spiro atoms. The lowest BCUT2D eigenvalue weighted by Crippen LogP contribution is -2.42. The van der Waals surface area contributed by atoms with Crippen LogP contribution in [0.1, 0.15) is 38.3 Å². The van der Waals surface area contributed by atoms with Crippen molar-refractivity contribution in [3.05, 3.63) is 42.4 Å². The largest absolute Gasteiger partial charge is 0.381 e. The molecule has 7 nitrogen and oxygen atoms in total. The first-order valence-corrected chi connectivity index (χ1v) is 9.82. The number of hydrogen-bond acceptors (Lipinski definition) is 5. The fourth-order valence-electron chi connectivity index (χ4n) is 2.86. The number of aromatic nitrogens is 2. The van der Waals surface area contributed by atoms with Crippen LogP contribution >= 0.6 is 0 Å². The Balaban J connectivity index is 1.83. The van der Waals surface area contributed by atoms with E-state index < -0.39 is 15.6 Å². The van der Waals surface area contributed by atoms with Gasteiger partial charge in [-0.3, -0.25) is 4.72 Å². The second-order valence-corrected chi connectivity index (χ2v) is 8.34. The van der Waals surface area contributed by atoms with Gasteiger partial charge in [0, 0.05) is 36.7 Å². The van der Waals surface area contributed by atoms with Gasteiger partial charge in [0.15, 0.2) is 5.03 Å². The number of imidazole rings is 1. The third-order valence-corrected chi connectivity index (χ3v) is 5.79. The Morgan fingerprint density at radius 1 is 1.32 bits per heavy atom. The maximum atomic E-state index is 12.6. The molecule has 2 aromatic rings. The summed E-state index contributed by atoms with van der Waals surface area (Å²) in [5.74, 6) is 0. The molecule has 0 bridgehead atoms. The van der Waals surface area contributed by atoms with Gasteiger partial charge in [-0.2, -0.15) is 8.42 Å². The van der Waals surface area contributed by atoms with Crippen molar-refractivity contribution < 1.29 is 13.2 Å². The lowest BCUT2D eigenvalue weighted by molar-refractivity contribution is 0.0523. The van der Waals surface area contributed by atoms with Crippen molar-refractivity contribution in [2.24, 2.45) is 5.73 Å². The van der Waals surface area contributed by atoms with E-state index >= 15 is 0 Å². The van der Waals surface area contributed by atoms with E-state index in [0.29, 0.717) is 31.7 Å². The predicted octanol–water partition coefficient (Wildman–Crippen LogP) is 2.23. The van der Waals surface area contributed by atoms with Gasteiger partial charge in [-0.25, -0.2) is 4.98 Å². The number of sulfonamides is 1. The topological polar surface area (TPSA) is 99.2 Å². The number of rotatable bonds is 5. The van der Waals surface area contributed by atoms with Crippen LogP contribution in [0.15, 0.2) is 41.8 Å². The molecule has 25 heavy (non-hydrogen) atoms. The van der Waals surface area contributed by atoms with Crippen LogP contribution in [0.5, 0.6) is 0 Å². The molecule has 1 saturated heterocycles. The maximum absolute atomic E-state index is 12.6. The number of nitrogens with one attached hydrogen (secondary N) is 1. The molecule has 2 heterocycles. The van der Waals surface area contributed by atoms with Gasteiger partial charge in [-0.15, -0.1) is 0 Å². The molecule has 1 aromatic carbocycles. The molecule has 0 aliphatic carbocycles. The Kier molecular flexibility index (Phi) is 4.86. The quantitative estimate of drug-likeness (QED) is 0.847. The Bertz CT molecular complexity index is 839. The first kappa shape index (κ1) is 17.9. The smallest absolute Gasteiger partial charge is 0.280 e. The number of benzene rings is 1. The molecular weight excluding hydrogens is 340 g/mol. The van der Waals surface area contributed by atoms with Crippen molar-refractivity contribution in [1.82, 2.24) is 9.55 Å². The van der Waals surface area contributed by atoms with Crippen LogP contribution in [-0.4, -0.2) is 31.2 Å². The van der Waals surface area contributed by atoms with E-state index in [9.17, 15) is 8.42 Å². The number of nitrogens with zero attached hydrogens (tertiary/aromatic N) is 2. The number of anilines is 1. The first-order chi connectivity index (χ1) is 11.8. The molecular formula is C17H24N4O3S. The summed E-state index contributed by atoms with van der Waals surface area (Å²) < 4.78 is 34.9. The highest BCUT2D eigenvalue weighted by molar-refractivity contribution is 7.92. The van der Waals surface area contributed by atoms with E-state index in [0.717, 1.165) is 5.56 Å². The van der Waals surface area contributed by atoms with Crippen LogP contribution in [0.25, 0.3) is 0 Å². The summed E-state index contributed by atoms with van der Waals surface area (Å²) in [5, 5.41) is 0.000121. The van der Waals surface area contributed by atoms with Crippen molar-refractivity contribution in [3.63, 3.8) is 0 Å². The van der Waals surface area contributed by atoms with E-state index in [-0.39, 0.29) is 11.1 Å². The molecule has 0 radical (unpaired) electrons. The summed E-state index contributed by atoms with van der Waals surface area (Å²) >= 11 is 0. The zero-order valence-electron chi connectivity index (χ0n) is 14.5. The van der Waals surface area contributed by atoms with Gasteiger partial charge >= 0.3 is 0 Å². The van der Waals surface area contributed by atoms with Crippen LogP contribution in [-0.2, 0) is 20.3 Å². The highest BCUT2D eigenvalue weighted by Gasteiger charge is 2.30. The molecule has 3 N–H and O–H groups in total. The minimum atomic E-state index is -3.74. The summed E-state index contributed by atoms with van der Waals surface area (Å²) in [5.41, 5.74) is 7.39. The summed E-state index contributed by atoms with van der Waals surface area (Å²) in [6.45, 7) is 5.14. The second-order valence-electron chi connectivity index (χ2n) is 6.71. The van der Waals surface area contributed by atoms with Gasteiger partial charge in [0.25, 0.3) is 10.0 Å². The zero-order valence-corrected chi connectivity index (χ0v) is 15.3. The van der Waals surface area contributed by atoms with Crippen molar-refractivity contribution in [1.29, 1.82) is 0 Å². The minimum Gasteiger partial charge on any atom is -0.381 e. The summed E-state index contributed by atoms with van der Waals surface area (Å²) in [6.07, 6.45) is 4.47. The number of nitrogens with two attached hydrogens (primary N) is 1. The lowest BCUT2D eigenvalue weighted by atomic mass is 9.84. The molecule has 1 aromatic heterocycles. The third kappa shape index (κ3) is 3.86. The van der Waals surface area contributed by atoms with E-state index in [2.05, 4.69) is 9.71 Å². The van der Waals surface area contributed by atoms with E-state index in [1.807, 2.05) is 26.0 Å². The Hall–Kier alpha value is -1.90. The summed E-state index contributed by atoms with van der Waals surface area (Å²) in [4.78, 5) is 4.00. The van der Waals surface area contributed by atoms with Gasteiger partial charge in [0.05, 0.1) is 6.33 Å². The van der Waals surface area contributed by atoms with Crippen molar-refractivity contribution >= 4 is 15.7 Å². The highest BCUT2D eigenvalue weighted by atomic mass is 32.2. The molecule has 1 aliphatic heterocycles. The van der Waals surface area contributed by atoms with Crippen molar-refractivity contribution in [2.45, 2.75) is 43.3 Å². The monoisotopic (exact) mass is 364 g/mol. The maximum Gasteiger partial charge on any atom is 0.280 e. The van der Waals surface area contributed by atoms with E-state index in [4.69, 9.17) is 10.5 Å². The lowest BCUT2D eigenvalue weighted by Gasteiger charge is -2.34. The van der Waals surface area contributed by atoms with Crippen LogP contribution in [0.2, 0.25) is 0 Å². The average Bonchev–Trinajstić information content (AvgIpc) is 3.07. The Labute approximate surface area is 148 Å². The SMILES string of the molecule is CC(C)n1cnc(S(=O)(=O)Nc2cccc(C3(N)CCOCC3)c2)c1. The van der Waals surface area contributed by atoms with Gasteiger partial charge < -0.3 is 15.0 Å². The fourth-order valence-corrected chi connectivity index (χ4v) is 3.85. The highest BCUT2D eigenvalue weighted by Crippen LogP contribution is 2.31. The van der Waals surface area contributed by atoms with Gasteiger partial charge in [0.1, 0.15) is 0 Å². The molecule has 0 amide bonds. The van der Waals surface area contributed by atoms with Crippen molar-refractivity contribution in [3.8, 4) is 0 Å². The normalized spacial score (nSPS) is 17.6. The van der Waals surface area contributed by atoms with Crippen LogP contribution in [0.4, 0.5) is 5.69 Å². The Morgan fingerprint density at radius 3 is 2.68 bits per heavy atom. The predicted molar refractivity (Wildman–Crippen MR) is 95.8 cm³/mol. The standard InChI is InChI=1S/C17H24N4O3S/c1-13(2)21-11-16(19-12-21)25(22,23)20-15-5-3-4-14(10-15)17(18)6-8-24-9-7-17/h3-5,10-13,20H,6-9,18H2,1-2H3. The molecule has 136 valence electrons. The number of hydrogen-bond donors (Lipinski definition) is 2. The van der Waals surface area contributed by atoms with Crippen LogP contribution in [0, 0.1) is 0 Å². The second kappa shape index (κ2) is 6.78. The third-order valence-electron chi connectivity index (χ3n) is 4.52. The molecule has 0 unspecified atom stereocenters. The molecule has 1 fully saturated rings. The molecule has 3 rings (SSSR count). The number of ether oxygens (including phenoxy) is 1. The van der Waals surface area contributed by atoms with Crippen molar-refractivity contribution in [2.75, 3.05) is 17.9 Å². The minimum absolute atomic E-state index is 0.000121. The Morgan fingerprint density at radius 2 is 2.04 bits per heavy atom. The molecule has 1 aliphatic rings. The molecule has 8 heteroatoms. The van der Waals surface area contributed by atoms with Gasteiger partial charge in [-0.05, 0) is 44.4 Å². The fraction of sp³-hybridized carbons (Fsp3) is 0.471. The molecule has 0 saturated carbocycles. The van der Waals surface area contributed by atoms with Gasteiger partial charge in [-0.1, -0.05) is 12.1 Å². The average molecular weight is 364 g/mol. The zero-order chi connectivity index (χ0) is 18.1. The summed E-state index contributed by atoms with van der Waals surface area (Å²) in [7, 11) is -3.74. The van der Waals surface area contributed by atoms with Crippen LogP contribution in [0.3, 0.4) is 0 Å². The van der Waals surface area contributed by atoms with Crippen LogP contribution < -0.4 is 10.5 Å². The summed E-state index contributed by atoms with van der Waals surface area (Å²) in [6, 6.07) is 7.39. The molecule has 0 atom stereocenters. The first-order valence-electron chi connectivity index (χ1n) is 8.34. The van der Waals surface area contributed by atoms with E-state index in [1.165, 1.54) is 12.5 Å². The van der Waals surface area contributed by atoms with E-state index in [1.54, 1.807) is 16.7 Å².